The second-order valence-electron chi connectivity index (χ2n) is 1.34. The van der Waals surface area contributed by atoms with E-state index >= 15 is 0 Å². The summed E-state index contributed by atoms with van der Waals surface area (Å²) in [5, 5.41) is 9.31. The molecule has 0 aliphatic carbocycles. The fraction of sp³-hybridized carbons (Fsp3) is 0.667. The second-order valence-corrected chi connectivity index (χ2v) is 1.99. The fourth-order valence-corrected chi connectivity index (χ4v) is 0.420. The Hall–Kier alpha value is 0. The van der Waals surface area contributed by atoms with Crippen molar-refractivity contribution in [1.82, 2.24) is 0 Å². The molecule has 0 heterocycles. The van der Waals surface area contributed by atoms with Crippen molar-refractivity contribution >= 4 is 15.9 Å². The van der Waals surface area contributed by atoms with Crippen molar-refractivity contribution < 1.29 is 5.11 Å². The van der Waals surface area contributed by atoms with Gasteiger partial charge in [-0.25, -0.2) is 0 Å². The normalized spacial score (nSPS) is 11.9. The Kier molecular flexibility index (Phi) is 5.14. The molecule has 1 atom stereocenters. The number of rotatable bonds is 1. The lowest BCUT2D eigenvalue weighted by molar-refractivity contribution is 0.259. The van der Waals surface area contributed by atoms with Crippen LogP contribution in [0.1, 0.15) is 13.3 Å². The zero-order valence-corrected chi connectivity index (χ0v) is 6.40. The Labute approximate surface area is 58.2 Å². The predicted octanol–water partition coefficient (Wildman–Crippen LogP) is 1.16. The van der Waals surface area contributed by atoms with Crippen molar-refractivity contribution in [3.05, 3.63) is 0 Å². The molecule has 0 aliphatic heterocycles. The lowest BCUT2D eigenvalue weighted by Crippen LogP contribution is -2.02. The van der Waals surface area contributed by atoms with Crippen molar-refractivity contribution in [3.8, 4) is 11.8 Å². The summed E-state index contributed by atoms with van der Waals surface area (Å²) in [6.45, 7) is 1.95. The highest BCUT2D eigenvalue weighted by atomic mass is 79.9. The number of aliphatic hydroxyl groups excluding tert-OH is 1. The van der Waals surface area contributed by atoms with Crippen LogP contribution in [0.3, 0.4) is 0 Å². The average Bonchev–Trinajstić information content (AvgIpc) is 1.83. The van der Waals surface area contributed by atoms with Gasteiger partial charge >= 0.3 is 0 Å². The third-order valence-electron chi connectivity index (χ3n) is 0.592. The highest BCUT2D eigenvalue weighted by molar-refractivity contribution is 9.09. The van der Waals surface area contributed by atoms with E-state index in [0.717, 1.165) is 6.42 Å². The van der Waals surface area contributed by atoms with Gasteiger partial charge in [-0.2, -0.15) is 0 Å². The van der Waals surface area contributed by atoms with Crippen LogP contribution in [-0.4, -0.2) is 16.5 Å². The molecule has 0 saturated heterocycles. The van der Waals surface area contributed by atoms with Gasteiger partial charge in [0, 0.05) is 11.8 Å². The number of halogens is 1. The van der Waals surface area contributed by atoms with Crippen LogP contribution in [-0.2, 0) is 0 Å². The molecular weight excluding hydrogens is 168 g/mol. The van der Waals surface area contributed by atoms with Crippen LogP contribution in [0.15, 0.2) is 0 Å². The molecule has 0 aromatic carbocycles. The van der Waals surface area contributed by atoms with E-state index in [2.05, 4.69) is 27.8 Å². The first-order valence-corrected chi connectivity index (χ1v) is 3.65. The highest BCUT2D eigenvalue weighted by Gasteiger charge is 1.90. The van der Waals surface area contributed by atoms with Crippen LogP contribution in [0.4, 0.5) is 0 Å². The van der Waals surface area contributed by atoms with Crippen molar-refractivity contribution in [2.45, 2.75) is 19.4 Å². The maximum absolute atomic E-state index is 8.77. The van der Waals surface area contributed by atoms with Crippen LogP contribution < -0.4 is 0 Å². The predicted molar refractivity (Wildman–Crippen MR) is 37.9 cm³/mol. The van der Waals surface area contributed by atoms with Gasteiger partial charge in [-0.1, -0.05) is 28.8 Å². The van der Waals surface area contributed by atoms with E-state index in [0.29, 0.717) is 5.33 Å². The van der Waals surface area contributed by atoms with Gasteiger partial charge in [0.05, 0.1) is 0 Å². The molecule has 8 heavy (non-hydrogen) atoms. The van der Waals surface area contributed by atoms with Crippen molar-refractivity contribution in [1.29, 1.82) is 0 Å². The number of aliphatic hydroxyl groups is 1. The van der Waals surface area contributed by atoms with Crippen molar-refractivity contribution in [3.63, 3.8) is 0 Å². The molecule has 0 amide bonds. The molecular formula is C6H9BrO. The zero-order chi connectivity index (χ0) is 6.41. The zero-order valence-electron chi connectivity index (χ0n) is 4.82. The molecule has 0 aliphatic rings. The Morgan fingerprint density at radius 1 is 1.75 bits per heavy atom. The van der Waals surface area contributed by atoms with Crippen molar-refractivity contribution in [2.75, 3.05) is 5.33 Å². The summed E-state index contributed by atoms with van der Waals surface area (Å²) in [4.78, 5) is 0. The highest BCUT2D eigenvalue weighted by Crippen LogP contribution is 1.86. The summed E-state index contributed by atoms with van der Waals surface area (Å²) in [6, 6.07) is 0. The largest absolute Gasteiger partial charge is 0.379 e. The van der Waals surface area contributed by atoms with E-state index < -0.39 is 6.10 Å². The molecule has 0 aromatic heterocycles. The van der Waals surface area contributed by atoms with Gasteiger partial charge in [-0.15, -0.1) is 5.92 Å². The second kappa shape index (κ2) is 5.14. The number of alkyl halides is 1. The molecule has 0 bridgehead atoms. The third-order valence-corrected chi connectivity index (χ3v) is 1.20. The molecule has 0 spiro atoms. The molecule has 0 aromatic rings. The van der Waals surface area contributed by atoms with E-state index in [1.807, 2.05) is 6.92 Å². The molecule has 0 saturated carbocycles. The van der Waals surface area contributed by atoms with Crippen LogP contribution in [0.2, 0.25) is 0 Å². The molecule has 0 rings (SSSR count). The summed E-state index contributed by atoms with van der Waals surface area (Å²) in [7, 11) is 0. The lowest BCUT2D eigenvalue weighted by atomic mass is 10.4. The summed E-state index contributed by atoms with van der Waals surface area (Å²) < 4.78 is 0. The Bertz CT molecular complexity index is 101. The lowest BCUT2D eigenvalue weighted by Gasteiger charge is -1.90. The van der Waals surface area contributed by atoms with E-state index in [-0.39, 0.29) is 0 Å². The molecule has 1 unspecified atom stereocenters. The summed E-state index contributed by atoms with van der Waals surface area (Å²) in [5.74, 6) is 5.41. The van der Waals surface area contributed by atoms with E-state index in [4.69, 9.17) is 5.11 Å². The molecule has 46 valence electrons. The quantitative estimate of drug-likeness (QED) is 0.470. The number of hydrogen-bond donors (Lipinski definition) is 1. The smallest absolute Gasteiger partial charge is 0.124 e. The van der Waals surface area contributed by atoms with Gasteiger partial charge in [-0.3, -0.25) is 0 Å². The minimum atomic E-state index is -0.491. The minimum absolute atomic E-state index is 0.491. The molecule has 1 N–H and O–H groups in total. The third kappa shape index (κ3) is 4.17. The number of hydrogen-bond acceptors (Lipinski definition) is 1. The van der Waals surface area contributed by atoms with Crippen LogP contribution in [0, 0.1) is 11.8 Å². The van der Waals surface area contributed by atoms with Gasteiger partial charge in [0.1, 0.15) is 6.10 Å². The Morgan fingerprint density at radius 2 is 2.38 bits per heavy atom. The average molecular weight is 177 g/mol. The molecule has 1 nitrogen and oxygen atoms in total. The fourth-order valence-electron chi connectivity index (χ4n) is 0.258. The first-order valence-electron chi connectivity index (χ1n) is 2.53. The van der Waals surface area contributed by atoms with Crippen LogP contribution in [0.5, 0.6) is 0 Å². The van der Waals surface area contributed by atoms with E-state index in [1.54, 1.807) is 0 Å². The molecule has 2 heteroatoms. The van der Waals surface area contributed by atoms with Gasteiger partial charge in [0.25, 0.3) is 0 Å². The van der Waals surface area contributed by atoms with Gasteiger partial charge in [-0.05, 0) is 0 Å². The Morgan fingerprint density at radius 3 is 2.75 bits per heavy atom. The summed E-state index contributed by atoms with van der Waals surface area (Å²) >= 11 is 3.09. The van der Waals surface area contributed by atoms with Gasteiger partial charge in [0.15, 0.2) is 0 Å². The SMILES string of the molecule is CCC#CC(O)CBr. The Balaban J connectivity index is 3.35. The maximum Gasteiger partial charge on any atom is 0.124 e. The molecule has 0 fully saturated rings. The van der Waals surface area contributed by atoms with Crippen LogP contribution >= 0.6 is 15.9 Å². The standard InChI is InChI=1S/C6H9BrO/c1-2-3-4-6(8)5-7/h6,8H,2,5H2,1H3. The van der Waals surface area contributed by atoms with E-state index in [9.17, 15) is 0 Å². The van der Waals surface area contributed by atoms with Gasteiger partial charge in [0.2, 0.25) is 0 Å². The first kappa shape index (κ1) is 8.00. The minimum Gasteiger partial charge on any atom is -0.379 e. The molecule has 0 radical (unpaired) electrons. The monoisotopic (exact) mass is 176 g/mol. The first-order chi connectivity index (χ1) is 3.81. The summed E-state index contributed by atoms with van der Waals surface area (Å²) in [5.41, 5.74) is 0. The van der Waals surface area contributed by atoms with Crippen molar-refractivity contribution in [2.24, 2.45) is 0 Å². The van der Waals surface area contributed by atoms with E-state index in [1.165, 1.54) is 0 Å². The topological polar surface area (TPSA) is 20.2 Å². The summed E-state index contributed by atoms with van der Waals surface area (Å²) in [6.07, 6.45) is 0.319. The van der Waals surface area contributed by atoms with Gasteiger partial charge < -0.3 is 5.11 Å². The van der Waals surface area contributed by atoms with Crippen LogP contribution in [0.25, 0.3) is 0 Å². The maximum atomic E-state index is 8.77.